The minimum Gasteiger partial charge on any atom is -0.385 e. The Bertz CT molecular complexity index is 377. The lowest BCUT2D eigenvalue weighted by Crippen LogP contribution is -2.33. The van der Waals surface area contributed by atoms with Crippen molar-refractivity contribution in [3.63, 3.8) is 0 Å². The highest BCUT2D eigenvalue weighted by Crippen LogP contribution is 2.21. The first-order valence-electron chi connectivity index (χ1n) is 9.98. The van der Waals surface area contributed by atoms with E-state index in [1.54, 1.807) is 0 Å². The molecule has 0 saturated heterocycles. The van der Waals surface area contributed by atoms with Gasteiger partial charge in [0.1, 0.15) is 0 Å². The zero-order chi connectivity index (χ0) is 18.5. The third-order valence-electron chi connectivity index (χ3n) is 4.96. The molecule has 0 bridgehead atoms. The van der Waals surface area contributed by atoms with E-state index in [-0.39, 0.29) is 6.04 Å². The predicted octanol–water partition coefficient (Wildman–Crippen LogP) is 6.18. The third-order valence-corrected chi connectivity index (χ3v) is 4.96. The maximum Gasteiger partial charge on any atom is 0.0496 e. The number of hydrogen-bond acceptors (Lipinski definition) is 2. The summed E-state index contributed by atoms with van der Waals surface area (Å²) in [5.74, 6) is 1.28. The standard InChI is InChI=1S/C22H42N2/c1-9-13-21(12-4)16-23-18(6)17(5)19(7)24-20(8)22(14-10-2)15-11-3/h19,21-24H,5-6,8-16H2,1-4,7H3. The van der Waals surface area contributed by atoms with E-state index >= 15 is 0 Å². The largest absolute Gasteiger partial charge is 0.385 e. The van der Waals surface area contributed by atoms with Crippen molar-refractivity contribution < 1.29 is 0 Å². The quantitative estimate of drug-likeness (QED) is 0.349. The SMILES string of the molecule is C=C(NCC(CC)CCC)C(=C)C(C)NC(=C)C(CCC)CCC. The molecular formula is C22H42N2. The van der Waals surface area contributed by atoms with Crippen molar-refractivity contribution in [2.24, 2.45) is 11.8 Å². The van der Waals surface area contributed by atoms with Gasteiger partial charge in [-0.3, -0.25) is 0 Å². The van der Waals surface area contributed by atoms with Crippen LogP contribution in [0.4, 0.5) is 0 Å². The van der Waals surface area contributed by atoms with Gasteiger partial charge in [0.25, 0.3) is 0 Å². The monoisotopic (exact) mass is 334 g/mol. The molecule has 0 aliphatic heterocycles. The Balaban J connectivity index is 4.47. The van der Waals surface area contributed by atoms with Crippen LogP contribution in [0.25, 0.3) is 0 Å². The van der Waals surface area contributed by atoms with Crippen LogP contribution in [0, 0.1) is 11.8 Å². The molecule has 0 saturated carbocycles. The molecule has 0 amide bonds. The van der Waals surface area contributed by atoms with Crippen LogP contribution in [-0.2, 0) is 0 Å². The number of nitrogens with one attached hydrogen (secondary N) is 2. The van der Waals surface area contributed by atoms with Gasteiger partial charge in [0.2, 0.25) is 0 Å². The third kappa shape index (κ3) is 8.61. The van der Waals surface area contributed by atoms with E-state index in [1.165, 1.54) is 44.9 Å². The Hall–Kier alpha value is -1.18. The molecule has 2 nitrogen and oxygen atoms in total. The lowest BCUT2D eigenvalue weighted by Gasteiger charge is -2.27. The fourth-order valence-corrected chi connectivity index (χ4v) is 3.17. The Morgan fingerprint density at radius 2 is 1.42 bits per heavy atom. The van der Waals surface area contributed by atoms with Gasteiger partial charge in [-0.2, -0.15) is 0 Å². The second-order valence-electron chi connectivity index (χ2n) is 7.11. The maximum absolute atomic E-state index is 4.28. The fraction of sp³-hybridized carbons (Fsp3) is 0.727. The lowest BCUT2D eigenvalue weighted by molar-refractivity contribution is 0.444. The molecular weight excluding hydrogens is 292 g/mol. The summed E-state index contributed by atoms with van der Waals surface area (Å²) in [6.07, 6.45) is 8.52. The molecule has 0 aliphatic rings. The second-order valence-corrected chi connectivity index (χ2v) is 7.11. The normalized spacial score (nSPS) is 13.4. The van der Waals surface area contributed by atoms with Crippen molar-refractivity contribution in [3.8, 4) is 0 Å². The van der Waals surface area contributed by atoms with Crippen molar-refractivity contribution in [1.82, 2.24) is 10.6 Å². The number of rotatable bonds is 15. The van der Waals surface area contributed by atoms with Crippen LogP contribution in [0.3, 0.4) is 0 Å². The summed E-state index contributed by atoms with van der Waals surface area (Å²) in [7, 11) is 0. The summed E-state index contributed by atoms with van der Waals surface area (Å²) in [4.78, 5) is 0. The van der Waals surface area contributed by atoms with Crippen LogP contribution in [-0.4, -0.2) is 12.6 Å². The smallest absolute Gasteiger partial charge is 0.0496 e. The van der Waals surface area contributed by atoms with Gasteiger partial charge in [-0.15, -0.1) is 0 Å². The van der Waals surface area contributed by atoms with E-state index < -0.39 is 0 Å². The Labute approximate surface area is 151 Å². The van der Waals surface area contributed by atoms with E-state index in [0.717, 1.165) is 29.4 Å². The van der Waals surface area contributed by atoms with E-state index in [4.69, 9.17) is 0 Å². The highest BCUT2D eigenvalue weighted by molar-refractivity contribution is 5.29. The molecule has 0 aliphatic carbocycles. The van der Waals surface area contributed by atoms with Crippen molar-refractivity contribution in [2.45, 2.75) is 85.6 Å². The molecule has 0 aromatic rings. The first-order chi connectivity index (χ1) is 11.4. The van der Waals surface area contributed by atoms with Gasteiger partial charge in [-0.25, -0.2) is 0 Å². The van der Waals surface area contributed by atoms with E-state index in [2.05, 4.69) is 65.0 Å². The van der Waals surface area contributed by atoms with Gasteiger partial charge >= 0.3 is 0 Å². The summed E-state index contributed by atoms with van der Waals surface area (Å²) in [5, 5.41) is 7.05. The van der Waals surface area contributed by atoms with Gasteiger partial charge in [0, 0.05) is 24.0 Å². The average molecular weight is 335 g/mol. The van der Waals surface area contributed by atoms with Crippen molar-refractivity contribution >= 4 is 0 Å². The topological polar surface area (TPSA) is 24.1 Å². The van der Waals surface area contributed by atoms with E-state index in [0.29, 0.717) is 5.92 Å². The predicted molar refractivity (Wildman–Crippen MR) is 110 cm³/mol. The highest BCUT2D eigenvalue weighted by atomic mass is 15.0. The molecule has 0 heterocycles. The highest BCUT2D eigenvalue weighted by Gasteiger charge is 2.16. The molecule has 0 aromatic carbocycles. The Kier molecular flexibility index (Phi) is 12.5. The Morgan fingerprint density at radius 1 is 0.875 bits per heavy atom. The first-order valence-corrected chi connectivity index (χ1v) is 9.98. The van der Waals surface area contributed by atoms with Crippen LogP contribution in [0.1, 0.15) is 79.6 Å². The van der Waals surface area contributed by atoms with Gasteiger partial charge in [-0.05, 0) is 43.6 Å². The minimum atomic E-state index is 0.167. The molecule has 0 radical (unpaired) electrons. The van der Waals surface area contributed by atoms with Gasteiger partial charge in [0.15, 0.2) is 0 Å². The van der Waals surface area contributed by atoms with Crippen molar-refractivity contribution in [1.29, 1.82) is 0 Å². The summed E-state index contributed by atoms with van der Waals surface area (Å²) in [6, 6.07) is 0.167. The molecule has 24 heavy (non-hydrogen) atoms. The summed E-state index contributed by atoms with van der Waals surface area (Å²) in [5.41, 5.74) is 3.15. The molecule has 2 heteroatoms. The van der Waals surface area contributed by atoms with Gasteiger partial charge in [0.05, 0.1) is 0 Å². The van der Waals surface area contributed by atoms with Crippen molar-refractivity contribution in [3.05, 3.63) is 36.7 Å². The Morgan fingerprint density at radius 3 is 1.88 bits per heavy atom. The van der Waals surface area contributed by atoms with Crippen LogP contribution in [0.2, 0.25) is 0 Å². The molecule has 0 spiro atoms. The molecule has 0 fully saturated rings. The molecule has 0 rings (SSSR count). The zero-order valence-electron chi connectivity index (χ0n) is 17.0. The van der Waals surface area contributed by atoms with Crippen LogP contribution < -0.4 is 10.6 Å². The lowest BCUT2D eigenvalue weighted by atomic mass is 9.94. The van der Waals surface area contributed by atoms with Crippen molar-refractivity contribution in [2.75, 3.05) is 6.54 Å². The fourth-order valence-electron chi connectivity index (χ4n) is 3.17. The van der Waals surface area contributed by atoms with E-state index in [1.807, 2.05) is 0 Å². The van der Waals surface area contributed by atoms with Crippen LogP contribution in [0.5, 0.6) is 0 Å². The number of hydrogen-bond donors (Lipinski definition) is 2. The maximum atomic E-state index is 4.28. The van der Waals surface area contributed by atoms with Crippen LogP contribution in [0.15, 0.2) is 36.7 Å². The zero-order valence-corrected chi connectivity index (χ0v) is 17.0. The van der Waals surface area contributed by atoms with E-state index in [9.17, 15) is 0 Å². The minimum absolute atomic E-state index is 0.167. The summed E-state index contributed by atoms with van der Waals surface area (Å²) >= 11 is 0. The van der Waals surface area contributed by atoms with Gasteiger partial charge < -0.3 is 10.6 Å². The molecule has 2 atom stereocenters. The summed E-state index contributed by atoms with van der Waals surface area (Å²) < 4.78 is 0. The van der Waals surface area contributed by atoms with Crippen LogP contribution >= 0.6 is 0 Å². The summed E-state index contributed by atoms with van der Waals surface area (Å²) in [6.45, 7) is 24.8. The molecule has 140 valence electrons. The van der Waals surface area contributed by atoms with Gasteiger partial charge in [-0.1, -0.05) is 73.1 Å². The first kappa shape index (κ1) is 22.8. The molecule has 2 N–H and O–H groups in total. The molecule has 2 unspecified atom stereocenters. The second kappa shape index (κ2) is 13.1. The molecule has 0 aromatic heterocycles. The average Bonchev–Trinajstić information content (AvgIpc) is 2.57. The number of allylic oxidation sites excluding steroid dienone is 1.